The lowest BCUT2D eigenvalue weighted by Gasteiger charge is -2.34. The van der Waals surface area contributed by atoms with Crippen LogP contribution in [0.5, 0.6) is 0 Å². The smallest absolute Gasteiger partial charge is 0.138 e. The molecule has 0 bridgehead atoms. The van der Waals surface area contributed by atoms with Crippen LogP contribution in [-0.2, 0) is 6.54 Å². The molecule has 0 spiro atoms. The molecule has 1 aliphatic rings. The Balaban J connectivity index is 1.77. The number of aryl methyl sites for hydroxylation is 2. The number of aliphatic hydroxyl groups is 1. The van der Waals surface area contributed by atoms with Gasteiger partial charge in [0.2, 0.25) is 0 Å². The maximum atomic E-state index is 13.9. The zero-order chi connectivity index (χ0) is 18.0. The van der Waals surface area contributed by atoms with Crippen LogP contribution in [0.25, 0.3) is 0 Å². The zero-order valence-corrected chi connectivity index (χ0v) is 15.1. The highest BCUT2D eigenvalue weighted by Gasteiger charge is 2.22. The number of aliphatic hydroxyl groups excluding tert-OH is 1. The van der Waals surface area contributed by atoms with Crippen molar-refractivity contribution in [3.8, 4) is 0 Å². The Bertz CT molecular complexity index is 704. The average molecular weight is 347 g/mol. The Morgan fingerprint density at radius 1 is 1.36 bits per heavy atom. The molecule has 6 heteroatoms. The number of anilines is 1. The summed E-state index contributed by atoms with van der Waals surface area (Å²) in [6, 6.07) is 4.93. The molecule has 2 N–H and O–H groups in total. The highest BCUT2D eigenvalue weighted by Crippen LogP contribution is 2.30. The average Bonchev–Trinajstić information content (AvgIpc) is 2.92. The first-order valence-corrected chi connectivity index (χ1v) is 8.83. The predicted molar refractivity (Wildman–Crippen MR) is 95.1 cm³/mol. The molecule has 1 aromatic heterocycles. The molecular formula is C19H26FN3O2. The molecule has 0 saturated carbocycles. The Morgan fingerprint density at radius 2 is 2.08 bits per heavy atom. The lowest BCUT2D eigenvalue weighted by Crippen LogP contribution is -2.37. The number of hydrogen-bond donors (Lipinski definition) is 2. The van der Waals surface area contributed by atoms with Crippen LogP contribution in [0, 0.1) is 19.7 Å². The largest absolute Gasteiger partial charge is 0.393 e. The molecule has 3 rings (SSSR count). The molecule has 1 aromatic carbocycles. The van der Waals surface area contributed by atoms with Gasteiger partial charge in [-0.3, -0.25) is 0 Å². The Hall–Kier alpha value is -1.92. The molecule has 1 unspecified atom stereocenters. The van der Waals surface area contributed by atoms with E-state index in [1.54, 1.807) is 6.07 Å². The van der Waals surface area contributed by atoms with Crippen molar-refractivity contribution in [3.63, 3.8) is 0 Å². The van der Waals surface area contributed by atoms with Gasteiger partial charge >= 0.3 is 0 Å². The summed E-state index contributed by atoms with van der Waals surface area (Å²) in [5.41, 5.74) is 3.89. The third-order valence-corrected chi connectivity index (χ3v) is 5.03. The number of piperidine rings is 1. The van der Waals surface area contributed by atoms with E-state index in [0.717, 1.165) is 54.2 Å². The van der Waals surface area contributed by atoms with Crippen molar-refractivity contribution in [3.05, 3.63) is 46.6 Å². The van der Waals surface area contributed by atoms with E-state index in [-0.39, 0.29) is 18.0 Å². The standard InChI is InChI=1S/C19H26FN3O2/c1-12(21-11-18-13(2)22-25-14(18)3)17-10-15(20)4-5-19(17)23-8-6-16(24)7-9-23/h4-5,10,12,16,21,24H,6-9,11H2,1-3H3. The molecule has 0 radical (unpaired) electrons. The second-order valence-corrected chi connectivity index (χ2v) is 6.83. The van der Waals surface area contributed by atoms with Gasteiger partial charge in [0.1, 0.15) is 11.6 Å². The molecule has 2 heterocycles. The Labute approximate surface area is 147 Å². The first-order chi connectivity index (χ1) is 12.0. The van der Waals surface area contributed by atoms with E-state index in [0.29, 0.717) is 6.54 Å². The van der Waals surface area contributed by atoms with Gasteiger partial charge in [0.15, 0.2) is 0 Å². The van der Waals surface area contributed by atoms with Crippen LogP contribution in [-0.4, -0.2) is 29.5 Å². The summed E-state index contributed by atoms with van der Waals surface area (Å²) in [5.74, 6) is 0.573. The summed E-state index contributed by atoms with van der Waals surface area (Å²) in [6.07, 6.45) is 1.27. The molecule has 1 fully saturated rings. The Kier molecular flexibility index (Phi) is 5.39. The normalized spacial score (nSPS) is 17.1. The van der Waals surface area contributed by atoms with Gasteiger partial charge in [0.05, 0.1) is 11.8 Å². The molecule has 0 amide bonds. The van der Waals surface area contributed by atoms with E-state index in [1.165, 1.54) is 6.07 Å². The van der Waals surface area contributed by atoms with Gasteiger partial charge in [0, 0.05) is 36.9 Å². The number of nitrogens with zero attached hydrogens (tertiary/aromatic N) is 2. The summed E-state index contributed by atoms with van der Waals surface area (Å²) in [7, 11) is 0. The van der Waals surface area contributed by atoms with Crippen LogP contribution in [0.1, 0.15) is 48.4 Å². The van der Waals surface area contributed by atoms with E-state index in [9.17, 15) is 9.50 Å². The Morgan fingerprint density at radius 3 is 2.72 bits per heavy atom. The lowest BCUT2D eigenvalue weighted by atomic mass is 10.0. The monoisotopic (exact) mass is 347 g/mol. The fraction of sp³-hybridized carbons (Fsp3) is 0.526. The number of nitrogens with one attached hydrogen (secondary N) is 1. The van der Waals surface area contributed by atoms with Crippen molar-refractivity contribution in [2.75, 3.05) is 18.0 Å². The molecular weight excluding hydrogens is 321 g/mol. The summed E-state index contributed by atoms with van der Waals surface area (Å²) in [6.45, 7) is 8.05. The molecule has 1 atom stereocenters. The van der Waals surface area contributed by atoms with Crippen molar-refractivity contribution in [1.29, 1.82) is 0 Å². The quantitative estimate of drug-likeness (QED) is 0.869. The van der Waals surface area contributed by atoms with Crippen molar-refractivity contribution in [2.45, 2.75) is 52.3 Å². The number of hydrogen-bond acceptors (Lipinski definition) is 5. The number of rotatable bonds is 5. The highest BCUT2D eigenvalue weighted by atomic mass is 19.1. The molecule has 136 valence electrons. The fourth-order valence-electron chi connectivity index (χ4n) is 3.39. The van der Waals surface area contributed by atoms with Crippen molar-refractivity contribution < 1.29 is 14.0 Å². The van der Waals surface area contributed by atoms with Gasteiger partial charge in [-0.1, -0.05) is 5.16 Å². The SMILES string of the molecule is Cc1noc(C)c1CNC(C)c1cc(F)ccc1N1CCC(O)CC1. The second kappa shape index (κ2) is 7.54. The lowest BCUT2D eigenvalue weighted by molar-refractivity contribution is 0.145. The number of halogens is 1. The third-order valence-electron chi connectivity index (χ3n) is 5.03. The van der Waals surface area contributed by atoms with Crippen LogP contribution in [0.15, 0.2) is 22.7 Å². The van der Waals surface area contributed by atoms with Crippen molar-refractivity contribution in [1.82, 2.24) is 10.5 Å². The highest BCUT2D eigenvalue weighted by molar-refractivity contribution is 5.55. The fourth-order valence-corrected chi connectivity index (χ4v) is 3.39. The van der Waals surface area contributed by atoms with Gasteiger partial charge < -0.3 is 19.8 Å². The van der Waals surface area contributed by atoms with E-state index in [2.05, 4.69) is 15.4 Å². The maximum absolute atomic E-state index is 13.9. The second-order valence-electron chi connectivity index (χ2n) is 6.83. The predicted octanol–water partition coefficient (Wildman–Crippen LogP) is 3.24. The van der Waals surface area contributed by atoms with Crippen LogP contribution in [0.3, 0.4) is 0 Å². The minimum absolute atomic E-state index is 0.0220. The summed E-state index contributed by atoms with van der Waals surface area (Å²) in [4.78, 5) is 2.23. The maximum Gasteiger partial charge on any atom is 0.138 e. The van der Waals surface area contributed by atoms with Gasteiger partial charge in [-0.05, 0) is 57.4 Å². The minimum Gasteiger partial charge on any atom is -0.393 e. The van der Waals surface area contributed by atoms with Gasteiger partial charge in [-0.2, -0.15) is 0 Å². The van der Waals surface area contributed by atoms with Gasteiger partial charge in [0.25, 0.3) is 0 Å². The first-order valence-electron chi connectivity index (χ1n) is 8.83. The van der Waals surface area contributed by atoms with E-state index in [4.69, 9.17) is 4.52 Å². The van der Waals surface area contributed by atoms with E-state index in [1.807, 2.05) is 26.8 Å². The van der Waals surface area contributed by atoms with Crippen molar-refractivity contribution >= 4 is 5.69 Å². The van der Waals surface area contributed by atoms with Crippen molar-refractivity contribution in [2.24, 2.45) is 0 Å². The molecule has 5 nitrogen and oxygen atoms in total. The van der Waals surface area contributed by atoms with Crippen LogP contribution in [0.2, 0.25) is 0 Å². The first kappa shape index (κ1) is 17.9. The van der Waals surface area contributed by atoms with Gasteiger partial charge in [-0.15, -0.1) is 0 Å². The van der Waals surface area contributed by atoms with E-state index < -0.39 is 0 Å². The summed E-state index contributed by atoms with van der Waals surface area (Å²) >= 11 is 0. The van der Waals surface area contributed by atoms with E-state index >= 15 is 0 Å². The van der Waals surface area contributed by atoms with Crippen LogP contribution >= 0.6 is 0 Å². The van der Waals surface area contributed by atoms with Gasteiger partial charge in [-0.25, -0.2) is 4.39 Å². The van der Waals surface area contributed by atoms with Crippen LogP contribution in [0.4, 0.5) is 10.1 Å². The molecule has 25 heavy (non-hydrogen) atoms. The summed E-state index contributed by atoms with van der Waals surface area (Å²) in [5, 5.41) is 17.2. The minimum atomic E-state index is -0.234. The molecule has 0 aliphatic carbocycles. The third kappa shape index (κ3) is 4.02. The summed E-state index contributed by atoms with van der Waals surface area (Å²) < 4.78 is 19.1. The van der Waals surface area contributed by atoms with Crippen LogP contribution < -0.4 is 10.2 Å². The topological polar surface area (TPSA) is 61.5 Å². The molecule has 1 aliphatic heterocycles. The molecule has 2 aromatic rings. The number of aromatic nitrogens is 1. The molecule has 1 saturated heterocycles. The number of benzene rings is 1. The zero-order valence-electron chi connectivity index (χ0n) is 15.1.